The van der Waals surface area contributed by atoms with Crippen LogP contribution in [0, 0.1) is 0 Å². The molecule has 0 bridgehead atoms. The second-order valence-corrected chi connectivity index (χ2v) is 6.64. The van der Waals surface area contributed by atoms with Crippen LogP contribution in [0.5, 0.6) is 0 Å². The third-order valence-electron chi connectivity index (χ3n) is 2.56. The number of nitrogens with zero attached hydrogens (tertiary/aromatic N) is 2. The van der Waals surface area contributed by atoms with Gasteiger partial charge in [-0.05, 0) is 12.8 Å². The number of ether oxygens (including phenoxy) is 1. The minimum absolute atomic E-state index is 0.194. The van der Waals surface area contributed by atoms with Gasteiger partial charge in [-0.15, -0.1) is 0 Å². The predicted molar refractivity (Wildman–Crippen MR) is 71.4 cm³/mol. The van der Waals surface area contributed by atoms with Crippen molar-refractivity contribution in [2.45, 2.75) is 32.7 Å². The summed E-state index contributed by atoms with van der Waals surface area (Å²) < 4.78 is 29.3. The number of aromatic nitrogens is 2. The molecule has 0 fully saturated rings. The number of aryl methyl sites for hydroxylation is 1. The average molecular weight is 274 g/mol. The Morgan fingerprint density at radius 3 is 2.83 bits per heavy atom. The van der Waals surface area contributed by atoms with Gasteiger partial charge in [-0.25, -0.2) is 13.4 Å². The van der Waals surface area contributed by atoms with Crippen molar-refractivity contribution >= 4 is 9.84 Å². The molecular formula is C12H22N2O3S. The summed E-state index contributed by atoms with van der Waals surface area (Å²) in [4.78, 5) is 4.28. The molecule has 0 saturated carbocycles. The summed E-state index contributed by atoms with van der Waals surface area (Å²) in [6.07, 6.45) is 7.60. The SMILES string of the molecule is CCCc1nccn1CCOCCCS(C)(=O)=O. The van der Waals surface area contributed by atoms with Gasteiger partial charge in [0.15, 0.2) is 0 Å². The first-order valence-corrected chi connectivity index (χ1v) is 8.34. The fourth-order valence-electron chi connectivity index (χ4n) is 1.68. The molecular weight excluding hydrogens is 252 g/mol. The van der Waals surface area contributed by atoms with Crippen molar-refractivity contribution in [2.75, 3.05) is 25.2 Å². The highest BCUT2D eigenvalue weighted by Crippen LogP contribution is 2.01. The third kappa shape index (κ3) is 6.16. The van der Waals surface area contributed by atoms with E-state index in [1.165, 1.54) is 6.26 Å². The van der Waals surface area contributed by atoms with Crippen LogP contribution in [-0.2, 0) is 27.5 Å². The topological polar surface area (TPSA) is 61.2 Å². The molecule has 5 nitrogen and oxygen atoms in total. The van der Waals surface area contributed by atoms with E-state index in [0.29, 0.717) is 19.6 Å². The van der Waals surface area contributed by atoms with Crippen molar-refractivity contribution in [1.82, 2.24) is 9.55 Å². The first-order valence-electron chi connectivity index (χ1n) is 6.28. The Balaban J connectivity index is 2.16. The van der Waals surface area contributed by atoms with Crippen LogP contribution in [0.15, 0.2) is 12.4 Å². The molecule has 0 aromatic carbocycles. The Hall–Kier alpha value is -0.880. The van der Waals surface area contributed by atoms with Gasteiger partial charge in [0.05, 0.1) is 12.4 Å². The molecule has 0 atom stereocenters. The Labute approximate surface area is 109 Å². The van der Waals surface area contributed by atoms with Crippen LogP contribution < -0.4 is 0 Å². The highest BCUT2D eigenvalue weighted by molar-refractivity contribution is 7.90. The molecule has 1 rings (SSSR count). The molecule has 0 amide bonds. The largest absolute Gasteiger partial charge is 0.380 e. The van der Waals surface area contributed by atoms with Gasteiger partial charge in [0.1, 0.15) is 15.7 Å². The van der Waals surface area contributed by atoms with E-state index in [2.05, 4.69) is 16.5 Å². The molecule has 0 saturated heterocycles. The summed E-state index contributed by atoms with van der Waals surface area (Å²) >= 11 is 0. The molecule has 6 heteroatoms. The Morgan fingerprint density at radius 1 is 1.39 bits per heavy atom. The van der Waals surface area contributed by atoms with Crippen LogP contribution in [0.1, 0.15) is 25.6 Å². The van der Waals surface area contributed by atoms with E-state index in [0.717, 1.165) is 25.2 Å². The lowest BCUT2D eigenvalue weighted by Crippen LogP contribution is -2.11. The van der Waals surface area contributed by atoms with Crippen LogP contribution in [0.2, 0.25) is 0 Å². The Morgan fingerprint density at radius 2 is 2.17 bits per heavy atom. The maximum absolute atomic E-state index is 10.9. The van der Waals surface area contributed by atoms with Crippen molar-refractivity contribution < 1.29 is 13.2 Å². The Kier molecular flexibility index (Phi) is 6.35. The molecule has 0 spiro atoms. The number of hydrogen-bond acceptors (Lipinski definition) is 4. The molecule has 1 heterocycles. The first-order chi connectivity index (χ1) is 8.53. The number of rotatable bonds is 9. The summed E-state index contributed by atoms with van der Waals surface area (Å²) in [5.41, 5.74) is 0. The van der Waals surface area contributed by atoms with Gasteiger partial charge < -0.3 is 9.30 Å². The fraction of sp³-hybridized carbons (Fsp3) is 0.750. The Bertz CT molecular complexity index is 440. The predicted octanol–water partition coefficient (Wildman–Crippen LogP) is 1.29. The quantitative estimate of drug-likeness (QED) is 0.637. The van der Waals surface area contributed by atoms with Crippen molar-refractivity contribution in [3.8, 4) is 0 Å². The van der Waals surface area contributed by atoms with Crippen molar-refractivity contribution in [3.05, 3.63) is 18.2 Å². The smallest absolute Gasteiger partial charge is 0.147 e. The minimum Gasteiger partial charge on any atom is -0.380 e. The van der Waals surface area contributed by atoms with Crippen LogP contribution in [0.25, 0.3) is 0 Å². The summed E-state index contributed by atoms with van der Waals surface area (Å²) in [5, 5.41) is 0. The van der Waals surface area contributed by atoms with E-state index < -0.39 is 9.84 Å². The molecule has 0 aliphatic heterocycles. The van der Waals surface area contributed by atoms with Crippen LogP contribution >= 0.6 is 0 Å². The van der Waals surface area contributed by atoms with Gasteiger partial charge in [0, 0.05) is 38.2 Å². The molecule has 0 aliphatic carbocycles. The maximum atomic E-state index is 10.9. The van der Waals surface area contributed by atoms with Crippen LogP contribution in [-0.4, -0.2) is 43.2 Å². The summed E-state index contributed by atoms with van der Waals surface area (Å²) in [6, 6.07) is 0. The summed E-state index contributed by atoms with van der Waals surface area (Å²) in [6.45, 7) is 3.98. The maximum Gasteiger partial charge on any atom is 0.147 e. The van der Waals surface area contributed by atoms with Crippen LogP contribution in [0.3, 0.4) is 0 Å². The number of sulfone groups is 1. The van der Waals surface area contributed by atoms with E-state index in [4.69, 9.17) is 4.74 Å². The first kappa shape index (κ1) is 15.2. The lowest BCUT2D eigenvalue weighted by atomic mass is 10.3. The second-order valence-electron chi connectivity index (χ2n) is 4.38. The van der Waals surface area contributed by atoms with Crippen molar-refractivity contribution in [1.29, 1.82) is 0 Å². The molecule has 1 aromatic rings. The zero-order chi connectivity index (χ0) is 13.4. The van der Waals surface area contributed by atoms with Gasteiger partial charge in [-0.1, -0.05) is 6.92 Å². The highest BCUT2D eigenvalue weighted by atomic mass is 32.2. The second kappa shape index (κ2) is 7.53. The monoisotopic (exact) mass is 274 g/mol. The standard InChI is InChI=1S/C12H22N2O3S/c1-3-5-12-13-6-7-14(12)8-10-17-9-4-11-18(2,15)16/h6-7H,3-5,8-11H2,1-2H3. The number of hydrogen-bond donors (Lipinski definition) is 0. The zero-order valence-corrected chi connectivity index (χ0v) is 11.9. The fourth-order valence-corrected chi connectivity index (χ4v) is 2.33. The normalized spacial score (nSPS) is 11.9. The average Bonchev–Trinajstić information content (AvgIpc) is 2.70. The van der Waals surface area contributed by atoms with E-state index in [1.807, 2.05) is 6.20 Å². The zero-order valence-electron chi connectivity index (χ0n) is 11.1. The molecule has 0 aliphatic rings. The molecule has 0 radical (unpaired) electrons. The highest BCUT2D eigenvalue weighted by Gasteiger charge is 2.03. The minimum atomic E-state index is -2.86. The summed E-state index contributed by atoms with van der Waals surface area (Å²) in [5.74, 6) is 1.27. The molecule has 104 valence electrons. The molecule has 0 N–H and O–H groups in total. The van der Waals surface area contributed by atoms with E-state index in [1.54, 1.807) is 6.20 Å². The van der Waals surface area contributed by atoms with E-state index in [9.17, 15) is 8.42 Å². The van der Waals surface area contributed by atoms with E-state index in [-0.39, 0.29) is 5.75 Å². The number of imidazole rings is 1. The molecule has 1 aromatic heterocycles. The third-order valence-corrected chi connectivity index (χ3v) is 3.59. The lowest BCUT2D eigenvalue weighted by Gasteiger charge is -2.07. The van der Waals surface area contributed by atoms with Crippen molar-refractivity contribution in [3.63, 3.8) is 0 Å². The molecule has 0 unspecified atom stereocenters. The van der Waals surface area contributed by atoms with Gasteiger partial charge in [-0.3, -0.25) is 0 Å². The molecule has 18 heavy (non-hydrogen) atoms. The van der Waals surface area contributed by atoms with E-state index >= 15 is 0 Å². The van der Waals surface area contributed by atoms with Gasteiger partial charge in [0.25, 0.3) is 0 Å². The van der Waals surface area contributed by atoms with Crippen LogP contribution in [0.4, 0.5) is 0 Å². The summed E-state index contributed by atoms with van der Waals surface area (Å²) in [7, 11) is -2.86. The van der Waals surface area contributed by atoms with Gasteiger partial charge >= 0.3 is 0 Å². The van der Waals surface area contributed by atoms with Gasteiger partial charge in [0.2, 0.25) is 0 Å². The van der Waals surface area contributed by atoms with Crippen molar-refractivity contribution in [2.24, 2.45) is 0 Å². The lowest BCUT2D eigenvalue weighted by molar-refractivity contribution is 0.126. The van der Waals surface area contributed by atoms with Gasteiger partial charge in [-0.2, -0.15) is 0 Å².